The maximum Gasteiger partial charge on any atom is 0.149 e. The molecule has 0 aromatic heterocycles. The van der Waals surface area contributed by atoms with Crippen molar-refractivity contribution in [3.63, 3.8) is 0 Å². The first kappa shape index (κ1) is 14.8. The fourth-order valence-electron chi connectivity index (χ4n) is 3.92. The van der Waals surface area contributed by atoms with Crippen LogP contribution in [0.15, 0.2) is 18.2 Å². The maximum absolute atomic E-state index is 14.2. The zero-order valence-corrected chi connectivity index (χ0v) is 12.8. The standard InChI is InChI=1S/C17H24F2N2/c1-12(2)15-10-20-17(8-3-4-9-17)11-21(15)16-13(18)6-5-7-14(16)19/h5-7,12,15,20H,3-4,8-11H2,1-2H3. The molecule has 2 nitrogen and oxygen atoms in total. The van der Waals surface area contributed by atoms with Gasteiger partial charge in [0, 0.05) is 24.7 Å². The molecule has 1 aliphatic carbocycles. The second kappa shape index (κ2) is 5.56. The van der Waals surface area contributed by atoms with E-state index in [9.17, 15) is 8.78 Å². The summed E-state index contributed by atoms with van der Waals surface area (Å²) >= 11 is 0. The van der Waals surface area contributed by atoms with Gasteiger partial charge in [0.1, 0.15) is 17.3 Å². The fourth-order valence-corrected chi connectivity index (χ4v) is 3.92. The monoisotopic (exact) mass is 294 g/mol. The Hall–Kier alpha value is -1.16. The molecule has 2 fully saturated rings. The first-order valence-corrected chi connectivity index (χ1v) is 7.98. The molecule has 0 bridgehead atoms. The second-order valence-corrected chi connectivity index (χ2v) is 6.88. The van der Waals surface area contributed by atoms with E-state index in [1.807, 2.05) is 4.90 Å². The largest absolute Gasteiger partial charge is 0.360 e. The van der Waals surface area contributed by atoms with Crippen molar-refractivity contribution in [1.82, 2.24) is 5.32 Å². The Morgan fingerprint density at radius 3 is 2.38 bits per heavy atom. The topological polar surface area (TPSA) is 15.3 Å². The smallest absolute Gasteiger partial charge is 0.149 e. The molecule has 1 N–H and O–H groups in total. The van der Waals surface area contributed by atoms with Crippen molar-refractivity contribution in [2.45, 2.75) is 51.1 Å². The van der Waals surface area contributed by atoms with Gasteiger partial charge in [0.05, 0.1) is 0 Å². The SMILES string of the molecule is CC(C)C1CNC2(CCCC2)CN1c1c(F)cccc1F. The zero-order chi connectivity index (χ0) is 15.0. The molecule has 1 aliphatic heterocycles. The third-order valence-electron chi connectivity index (χ3n) is 5.11. The lowest BCUT2D eigenvalue weighted by molar-refractivity contribution is 0.243. The summed E-state index contributed by atoms with van der Waals surface area (Å²) in [6.07, 6.45) is 4.61. The molecule has 3 rings (SSSR count). The van der Waals surface area contributed by atoms with Crippen molar-refractivity contribution >= 4 is 5.69 Å². The van der Waals surface area contributed by atoms with Gasteiger partial charge in [-0.25, -0.2) is 8.78 Å². The lowest BCUT2D eigenvalue weighted by atomic mass is 9.88. The first-order chi connectivity index (χ1) is 10.0. The number of para-hydroxylation sites is 1. The van der Waals surface area contributed by atoms with E-state index >= 15 is 0 Å². The summed E-state index contributed by atoms with van der Waals surface area (Å²) in [4.78, 5) is 1.98. The molecule has 1 atom stereocenters. The number of piperazine rings is 1. The molecule has 1 aromatic carbocycles. The molecule has 0 amide bonds. The predicted octanol–water partition coefficient (Wildman–Crippen LogP) is 3.71. The Labute approximate surface area is 125 Å². The van der Waals surface area contributed by atoms with Crippen LogP contribution in [0.4, 0.5) is 14.5 Å². The summed E-state index contributed by atoms with van der Waals surface area (Å²) in [6.45, 7) is 5.73. The molecule has 1 aromatic rings. The molecule has 1 unspecified atom stereocenters. The normalized spacial score (nSPS) is 25.0. The summed E-state index contributed by atoms with van der Waals surface area (Å²) in [5.74, 6) is -0.554. The lowest BCUT2D eigenvalue weighted by Crippen LogP contribution is -2.65. The minimum atomic E-state index is -0.448. The van der Waals surface area contributed by atoms with Crippen LogP contribution in [-0.4, -0.2) is 24.7 Å². The first-order valence-electron chi connectivity index (χ1n) is 7.98. The van der Waals surface area contributed by atoms with Crippen molar-refractivity contribution in [1.29, 1.82) is 0 Å². The number of hydrogen-bond acceptors (Lipinski definition) is 2. The molecular weight excluding hydrogens is 270 g/mol. The van der Waals surface area contributed by atoms with E-state index in [2.05, 4.69) is 19.2 Å². The van der Waals surface area contributed by atoms with Crippen LogP contribution in [0, 0.1) is 17.6 Å². The molecule has 1 saturated carbocycles. The lowest BCUT2D eigenvalue weighted by Gasteiger charge is -2.49. The molecule has 1 saturated heterocycles. The van der Waals surface area contributed by atoms with E-state index in [0.29, 0.717) is 12.5 Å². The van der Waals surface area contributed by atoms with Gasteiger partial charge >= 0.3 is 0 Å². The van der Waals surface area contributed by atoms with Gasteiger partial charge in [-0.2, -0.15) is 0 Å². The van der Waals surface area contributed by atoms with Gasteiger partial charge in [-0.3, -0.25) is 0 Å². The highest BCUT2D eigenvalue weighted by Crippen LogP contribution is 2.37. The highest BCUT2D eigenvalue weighted by atomic mass is 19.1. The van der Waals surface area contributed by atoms with Crippen molar-refractivity contribution in [3.05, 3.63) is 29.8 Å². The van der Waals surface area contributed by atoms with Crippen LogP contribution in [-0.2, 0) is 0 Å². The molecule has 0 radical (unpaired) electrons. The maximum atomic E-state index is 14.2. The van der Waals surface area contributed by atoms with E-state index in [1.54, 1.807) is 0 Å². The van der Waals surface area contributed by atoms with Gasteiger partial charge in [0.25, 0.3) is 0 Å². The van der Waals surface area contributed by atoms with Crippen LogP contribution in [0.3, 0.4) is 0 Å². The molecule has 1 spiro atoms. The van der Waals surface area contributed by atoms with Gasteiger partial charge in [-0.15, -0.1) is 0 Å². The Balaban J connectivity index is 1.97. The van der Waals surface area contributed by atoms with E-state index in [4.69, 9.17) is 0 Å². The predicted molar refractivity (Wildman–Crippen MR) is 81.5 cm³/mol. The fraction of sp³-hybridized carbons (Fsp3) is 0.647. The number of nitrogens with one attached hydrogen (secondary N) is 1. The molecular formula is C17H24F2N2. The number of hydrogen-bond donors (Lipinski definition) is 1. The summed E-state index contributed by atoms with van der Waals surface area (Å²) in [5.41, 5.74) is 0.198. The Morgan fingerprint density at radius 2 is 1.81 bits per heavy atom. The van der Waals surface area contributed by atoms with Crippen LogP contribution < -0.4 is 10.2 Å². The average molecular weight is 294 g/mol. The number of halogens is 2. The van der Waals surface area contributed by atoms with E-state index < -0.39 is 11.6 Å². The quantitative estimate of drug-likeness (QED) is 0.894. The van der Waals surface area contributed by atoms with Crippen LogP contribution in [0.2, 0.25) is 0 Å². The second-order valence-electron chi connectivity index (χ2n) is 6.88. The zero-order valence-electron chi connectivity index (χ0n) is 12.8. The van der Waals surface area contributed by atoms with E-state index in [1.165, 1.54) is 31.0 Å². The van der Waals surface area contributed by atoms with Crippen LogP contribution >= 0.6 is 0 Å². The van der Waals surface area contributed by atoms with Crippen molar-refractivity contribution in [2.75, 3.05) is 18.0 Å². The Bertz CT molecular complexity index is 489. The van der Waals surface area contributed by atoms with E-state index in [0.717, 1.165) is 19.4 Å². The third-order valence-corrected chi connectivity index (χ3v) is 5.11. The van der Waals surface area contributed by atoms with Crippen LogP contribution in [0.25, 0.3) is 0 Å². The van der Waals surface area contributed by atoms with Crippen molar-refractivity contribution < 1.29 is 8.78 Å². The van der Waals surface area contributed by atoms with E-state index in [-0.39, 0.29) is 17.3 Å². The van der Waals surface area contributed by atoms with Crippen molar-refractivity contribution in [3.8, 4) is 0 Å². The number of benzene rings is 1. The minimum absolute atomic E-state index is 0.0418. The van der Waals surface area contributed by atoms with Crippen LogP contribution in [0.5, 0.6) is 0 Å². The molecule has 2 aliphatic rings. The molecule has 21 heavy (non-hydrogen) atoms. The minimum Gasteiger partial charge on any atom is -0.360 e. The number of nitrogens with zero attached hydrogens (tertiary/aromatic N) is 1. The highest BCUT2D eigenvalue weighted by molar-refractivity contribution is 5.51. The van der Waals surface area contributed by atoms with Crippen molar-refractivity contribution in [2.24, 2.45) is 5.92 Å². The van der Waals surface area contributed by atoms with Gasteiger partial charge < -0.3 is 10.2 Å². The third kappa shape index (κ3) is 2.66. The van der Waals surface area contributed by atoms with Gasteiger partial charge in [-0.1, -0.05) is 32.8 Å². The highest BCUT2D eigenvalue weighted by Gasteiger charge is 2.43. The van der Waals surface area contributed by atoms with Gasteiger partial charge in [0.15, 0.2) is 0 Å². The van der Waals surface area contributed by atoms with Gasteiger partial charge in [-0.05, 0) is 30.9 Å². The Morgan fingerprint density at radius 1 is 1.19 bits per heavy atom. The summed E-state index contributed by atoms with van der Waals surface area (Å²) in [7, 11) is 0. The summed E-state index contributed by atoms with van der Waals surface area (Å²) < 4.78 is 28.5. The molecule has 1 heterocycles. The average Bonchev–Trinajstić information content (AvgIpc) is 2.86. The number of anilines is 1. The summed E-state index contributed by atoms with van der Waals surface area (Å²) in [6, 6.07) is 4.28. The number of rotatable bonds is 2. The van der Waals surface area contributed by atoms with Crippen LogP contribution in [0.1, 0.15) is 39.5 Å². The molecule has 116 valence electrons. The molecule has 4 heteroatoms. The Kier molecular flexibility index (Phi) is 3.91. The van der Waals surface area contributed by atoms with Gasteiger partial charge in [0.2, 0.25) is 0 Å². The summed E-state index contributed by atoms with van der Waals surface area (Å²) in [5, 5.41) is 3.68.